The summed E-state index contributed by atoms with van der Waals surface area (Å²) in [4.78, 5) is 24.4. The molecule has 0 saturated heterocycles. The van der Waals surface area contributed by atoms with Crippen LogP contribution in [-0.2, 0) is 9.47 Å². The summed E-state index contributed by atoms with van der Waals surface area (Å²) in [6.07, 6.45) is 1.57. The van der Waals surface area contributed by atoms with Crippen molar-refractivity contribution in [2.45, 2.75) is 38.3 Å². The molecule has 2 amide bonds. The van der Waals surface area contributed by atoms with Crippen LogP contribution in [0.4, 0.5) is 9.59 Å². The van der Waals surface area contributed by atoms with Gasteiger partial charge in [-0.1, -0.05) is 19.4 Å². The fourth-order valence-corrected chi connectivity index (χ4v) is 1.79. The van der Waals surface area contributed by atoms with Crippen LogP contribution in [0.25, 0.3) is 0 Å². The first-order valence-electron chi connectivity index (χ1n) is 6.96. The number of carbonyl (C=O) groups excluding carboxylic acids is 2. The van der Waals surface area contributed by atoms with Crippen LogP contribution in [0.2, 0.25) is 0 Å². The van der Waals surface area contributed by atoms with Crippen molar-refractivity contribution in [3.05, 3.63) is 12.7 Å². The van der Waals surface area contributed by atoms with Crippen LogP contribution in [0.5, 0.6) is 0 Å². The molecule has 0 radical (unpaired) electrons. The Bertz CT molecular complexity index is 335. The molecule has 0 aromatic heterocycles. The smallest absolute Gasteiger partial charge is 0.409 e. The van der Waals surface area contributed by atoms with E-state index in [4.69, 9.17) is 4.74 Å². The number of nitrogens with one attached hydrogen (secondary N) is 1. The van der Waals surface area contributed by atoms with Gasteiger partial charge < -0.3 is 24.8 Å². The predicted molar refractivity (Wildman–Crippen MR) is 79.0 cm³/mol. The lowest BCUT2D eigenvalue weighted by Crippen LogP contribution is -2.49. The number of carbonyl (C=O) groups is 2. The number of aliphatic hydroxyl groups is 1. The van der Waals surface area contributed by atoms with E-state index < -0.39 is 24.3 Å². The number of hydrogen-bond donors (Lipinski definition) is 2. The average molecular weight is 302 g/mol. The number of rotatable bonds is 9. The Kier molecular flexibility index (Phi) is 10.0. The lowest BCUT2D eigenvalue weighted by molar-refractivity contribution is 0.0647. The molecule has 0 aliphatic heterocycles. The minimum absolute atomic E-state index is 0.0647. The molecule has 0 heterocycles. The fourth-order valence-electron chi connectivity index (χ4n) is 1.79. The molecule has 0 aliphatic carbocycles. The molecule has 0 saturated carbocycles. The van der Waals surface area contributed by atoms with Gasteiger partial charge in [0.2, 0.25) is 0 Å². The lowest BCUT2D eigenvalue weighted by Gasteiger charge is -2.28. The van der Waals surface area contributed by atoms with E-state index in [-0.39, 0.29) is 6.54 Å². The summed E-state index contributed by atoms with van der Waals surface area (Å²) in [5.41, 5.74) is 0. The van der Waals surface area contributed by atoms with Gasteiger partial charge in [0.05, 0.1) is 32.9 Å². The van der Waals surface area contributed by atoms with Gasteiger partial charge in [-0.05, 0) is 12.8 Å². The highest BCUT2D eigenvalue weighted by molar-refractivity contribution is 5.68. The second-order valence-electron chi connectivity index (χ2n) is 4.60. The molecule has 7 nitrogen and oxygen atoms in total. The molecular weight excluding hydrogens is 276 g/mol. The first-order valence-corrected chi connectivity index (χ1v) is 6.96. The largest absolute Gasteiger partial charge is 0.453 e. The molecule has 0 aromatic carbocycles. The molecule has 0 rings (SSSR count). The topological polar surface area (TPSA) is 88.1 Å². The normalized spacial score (nSPS) is 13.0. The van der Waals surface area contributed by atoms with E-state index in [1.165, 1.54) is 19.1 Å². The molecule has 2 atom stereocenters. The lowest BCUT2D eigenvalue weighted by atomic mass is 10.1. The maximum absolute atomic E-state index is 11.7. The molecule has 0 unspecified atom stereocenters. The molecular formula is C14H26N2O5. The summed E-state index contributed by atoms with van der Waals surface area (Å²) < 4.78 is 9.21. The van der Waals surface area contributed by atoms with Crippen molar-refractivity contribution in [2.24, 2.45) is 0 Å². The molecule has 0 bridgehead atoms. The van der Waals surface area contributed by atoms with Gasteiger partial charge in [0.15, 0.2) is 0 Å². The first-order chi connectivity index (χ1) is 9.99. The molecule has 2 N–H and O–H groups in total. The summed E-state index contributed by atoms with van der Waals surface area (Å²) in [6, 6.07) is -0.580. The molecule has 0 aliphatic rings. The van der Waals surface area contributed by atoms with Crippen LogP contribution in [0, 0.1) is 0 Å². The summed E-state index contributed by atoms with van der Waals surface area (Å²) in [5.74, 6) is 0. The van der Waals surface area contributed by atoms with E-state index in [0.29, 0.717) is 13.0 Å². The van der Waals surface area contributed by atoms with Gasteiger partial charge in [0, 0.05) is 6.54 Å². The third kappa shape index (κ3) is 7.55. The molecule has 21 heavy (non-hydrogen) atoms. The van der Waals surface area contributed by atoms with Crippen molar-refractivity contribution >= 4 is 12.2 Å². The van der Waals surface area contributed by atoms with Crippen LogP contribution in [0.3, 0.4) is 0 Å². The SMILES string of the molecule is C=CC[C@@H](NC(=O)OC)[C@H](O)CN(CCCC)C(=O)OC. The zero-order valence-corrected chi connectivity index (χ0v) is 13.0. The average Bonchev–Trinajstić information content (AvgIpc) is 2.49. The van der Waals surface area contributed by atoms with Crippen LogP contribution in [0.15, 0.2) is 12.7 Å². The van der Waals surface area contributed by atoms with E-state index in [9.17, 15) is 14.7 Å². The van der Waals surface area contributed by atoms with E-state index in [2.05, 4.69) is 16.6 Å². The highest BCUT2D eigenvalue weighted by atomic mass is 16.5. The third-order valence-corrected chi connectivity index (χ3v) is 3.00. The van der Waals surface area contributed by atoms with Crippen molar-refractivity contribution in [3.8, 4) is 0 Å². The molecule has 0 aromatic rings. The molecule has 0 fully saturated rings. The Morgan fingerprint density at radius 1 is 1.38 bits per heavy atom. The van der Waals surface area contributed by atoms with Gasteiger partial charge >= 0.3 is 12.2 Å². The first kappa shape index (κ1) is 19.2. The van der Waals surface area contributed by atoms with Crippen molar-refractivity contribution < 1.29 is 24.2 Å². The Morgan fingerprint density at radius 2 is 2.05 bits per heavy atom. The highest BCUT2D eigenvalue weighted by Gasteiger charge is 2.25. The Balaban J connectivity index is 4.71. The zero-order chi connectivity index (χ0) is 16.3. The standard InChI is InChI=1S/C14H26N2O5/c1-5-7-9-16(14(19)21-4)10-12(17)11(8-6-2)15-13(18)20-3/h6,11-12,17H,2,5,7-10H2,1,3-4H3,(H,15,18)/t11-,12-/m1/s1. The van der Waals surface area contributed by atoms with Gasteiger partial charge in [-0.2, -0.15) is 0 Å². The van der Waals surface area contributed by atoms with Crippen LogP contribution in [0.1, 0.15) is 26.2 Å². The summed E-state index contributed by atoms with van der Waals surface area (Å²) >= 11 is 0. The highest BCUT2D eigenvalue weighted by Crippen LogP contribution is 2.06. The number of alkyl carbamates (subject to hydrolysis) is 1. The quantitative estimate of drug-likeness (QED) is 0.630. The maximum Gasteiger partial charge on any atom is 0.409 e. The maximum atomic E-state index is 11.7. The Labute approximate surface area is 125 Å². The summed E-state index contributed by atoms with van der Waals surface area (Å²) in [6.45, 7) is 6.14. The minimum Gasteiger partial charge on any atom is -0.453 e. The Morgan fingerprint density at radius 3 is 2.52 bits per heavy atom. The number of nitrogens with zero attached hydrogens (tertiary/aromatic N) is 1. The van der Waals surface area contributed by atoms with Crippen LogP contribution in [-0.4, -0.2) is 61.6 Å². The van der Waals surface area contributed by atoms with Crippen LogP contribution >= 0.6 is 0 Å². The molecule has 122 valence electrons. The molecule has 7 heteroatoms. The van der Waals surface area contributed by atoms with Gasteiger partial charge in [-0.3, -0.25) is 0 Å². The van der Waals surface area contributed by atoms with Gasteiger partial charge in [0.1, 0.15) is 0 Å². The van der Waals surface area contributed by atoms with E-state index in [0.717, 1.165) is 12.8 Å². The third-order valence-electron chi connectivity index (χ3n) is 3.00. The van der Waals surface area contributed by atoms with E-state index in [1.54, 1.807) is 6.08 Å². The van der Waals surface area contributed by atoms with E-state index in [1.807, 2.05) is 6.92 Å². The number of methoxy groups -OCH3 is 2. The number of amides is 2. The van der Waals surface area contributed by atoms with Crippen molar-refractivity contribution in [2.75, 3.05) is 27.3 Å². The minimum atomic E-state index is -0.946. The zero-order valence-electron chi connectivity index (χ0n) is 13.0. The monoisotopic (exact) mass is 302 g/mol. The Hall–Kier alpha value is -1.76. The van der Waals surface area contributed by atoms with Crippen molar-refractivity contribution in [3.63, 3.8) is 0 Å². The predicted octanol–water partition coefficient (Wildman–Crippen LogP) is 1.52. The number of aliphatic hydroxyl groups excluding tert-OH is 1. The fraction of sp³-hybridized carbons (Fsp3) is 0.714. The number of ether oxygens (including phenoxy) is 2. The number of hydrogen-bond acceptors (Lipinski definition) is 5. The van der Waals surface area contributed by atoms with E-state index >= 15 is 0 Å². The second kappa shape index (κ2) is 11.0. The van der Waals surface area contributed by atoms with Gasteiger partial charge in [-0.25, -0.2) is 9.59 Å². The van der Waals surface area contributed by atoms with Crippen molar-refractivity contribution in [1.82, 2.24) is 10.2 Å². The second-order valence-corrected chi connectivity index (χ2v) is 4.60. The summed E-state index contributed by atoms with van der Waals surface area (Å²) in [7, 11) is 2.54. The molecule has 0 spiro atoms. The van der Waals surface area contributed by atoms with Crippen molar-refractivity contribution in [1.29, 1.82) is 0 Å². The van der Waals surface area contributed by atoms with Crippen LogP contribution < -0.4 is 5.32 Å². The number of unbranched alkanes of at least 4 members (excludes halogenated alkanes) is 1. The summed E-state index contributed by atoms with van der Waals surface area (Å²) in [5, 5.41) is 12.8. The van der Waals surface area contributed by atoms with Gasteiger partial charge in [-0.15, -0.1) is 6.58 Å². The van der Waals surface area contributed by atoms with Gasteiger partial charge in [0.25, 0.3) is 0 Å².